The molecule has 1 spiro atoms. The average molecular weight is 245 g/mol. The van der Waals surface area contributed by atoms with Crippen LogP contribution in [0.4, 0.5) is 0 Å². The summed E-state index contributed by atoms with van der Waals surface area (Å²) in [5.41, 5.74) is 5.25. The monoisotopic (exact) mass is 244 g/mol. The maximum atomic E-state index is 6.39. The highest BCUT2D eigenvalue weighted by Crippen LogP contribution is 2.58. The fourth-order valence-corrected chi connectivity index (χ4v) is 4.62. The quantitative estimate of drug-likeness (QED) is 0.587. The molecular weight excluding hydrogens is 228 g/mol. The van der Waals surface area contributed by atoms with Gasteiger partial charge in [-0.25, -0.2) is 0 Å². The van der Waals surface area contributed by atoms with Crippen molar-refractivity contribution in [3.8, 4) is 0 Å². The van der Waals surface area contributed by atoms with Crippen LogP contribution in [-0.4, -0.2) is 0 Å². The smallest absolute Gasteiger partial charge is 0.0440 e. The molecule has 1 fully saturated rings. The van der Waals surface area contributed by atoms with Crippen LogP contribution < -0.4 is 0 Å². The lowest BCUT2D eigenvalue weighted by atomic mass is 9.64. The molecule has 0 amide bonds. The van der Waals surface area contributed by atoms with E-state index in [2.05, 4.69) is 24.3 Å². The Morgan fingerprint density at radius 3 is 2.94 bits per heavy atom. The predicted octanol–water partition coefficient (Wildman–Crippen LogP) is 4.56. The molecule has 17 heavy (non-hydrogen) atoms. The summed E-state index contributed by atoms with van der Waals surface area (Å²) in [6, 6.07) is 6.43. The zero-order valence-corrected chi connectivity index (χ0v) is 10.8. The lowest BCUT2D eigenvalue weighted by molar-refractivity contribution is 0.169. The van der Waals surface area contributed by atoms with Gasteiger partial charge in [-0.05, 0) is 67.1 Å². The minimum atomic E-state index is 0.572. The first-order chi connectivity index (χ1) is 8.27. The fraction of sp³-hybridized carbons (Fsp3) is 0.500. The van der Waals surface area contributed by atoms with Crippen molar-refractivity contribution in [3.05, 3.63) is 46.0 Å². The van der Waals surface area contributed by atoms with Crippen LogP contribution in [0.3, 0.4) is 0 Å². The van der Waals surface area contributed by atoms with Crippen molar-refractivity contribution in [1.82, 2.24) is 0 Å². The van der Waals surface area contributed by atoms with E-state index in [1.165, 1.54) is 49.7 Å². The molecule has 1 aromatic rings. The zero-order valence-electron chi connectivity index (χ0n) is 10.0. The van der Waals surface area contributed by atoms with Crippen LogP contribution >= 0.6 is 11.6 Å². The van der Waals surface area contributed by atoms with E-state index >= 15 is 0 Å². The maximum Gasteiger partial charge on any atom is 0.0440 e. The van der Waals surface area contributed by atoms with Crippen LogP contribution in [0.15, 0.2) is 29.8 Å². The third kappa shape index (κ3) is 1.37. The summed E-state index contributed by atoms with van der Waals surface area (Å²) in [5.74, 6) is 0.918. The second-order valence-electron chi connectivity index (χ2n) is 6.09. The first-order valence-electron chi connectivity index (χ1n) is 6.71. The van der Waals surface area contributed by atoms with Gasteiger partial charge in [-0.2, -0.15) is 0 Å². The Morgan fingerprint density at radius 2 is 2.18 bits per heavy atom. The Kier molecular flexibility index (Phi) is 2.03. The topological polar surface area (TPSA) is 0 Å². The Balaban J connectivity index is 1.76. The van der Waals surface area contributed by atoms with Gasteiger partial charge in [-0.15, -0.1) is 0 Å². The van der Waals surface area contributed by atoms with E-state index in [9.17, 15) is 0 Å². The first kappa shape index (κ1) is 10.2. The number of allylic oxidation sites excluding steroid dienone is 2. The van der Waals surface area contributed by atoms with Gasteiger partial charge in [0.25, 0.3) is 0 Å². The summed E-state index contributed by atoms with van der Waals surface area (Å²) in [6.07, 6.45) is 10.4. The second kappa shape index (κ2) is 3.38. The summed E-state index contributed by atoms with van der Waals surface area (Å²) < 4.78 is 0. The van der Waals surface area contributed by atoms with E-state index in [1.807, 2.05) is 0 Å². The number of hydrogen-bond acceptors (Lipinski definition) is 0. The molecule has 2 unspecified atom stereocenters. The van der Waals surface area contributed by atoms with E-state index in [0.29, 0.717) is 5.41 Å². The predicted molar refractivity (Wildman–Crippen MR) is 71.3 cm³/mol. The minimum absolute atomic E-state index is 0.572. The lowest BCUT2D eigenvalue weighted by Crippen LogP contribution is -2.33. The third-order valence-corrected chi connectivity index (χ3v) is 5.64. The standard InChI is InChI=1S/C16H17Cl/c17-15-3-1-2-12-6-7-16(10-14(12)15)9-11-4-5-13(16)8-11/h1-4,13H,5-10H2. The van der Waals surface area contributed by atoms with E-state index < -0.39 is 0 Å². The highest BCUT2D eigenvalue weighted by Gasteiger charge is 2.48. The number of fused-ring (bicyclic) bond motifs is 4. The Bertz CT molecular complexity index is 514. The molecule has 0 nitrogen and oxygen atoms in total. The number of benzene rings is 1. The third-order valence-electron chi connectivity index (χ3n) is 5.28. The number of hydrogen-bond donors (Lipinski definition) is 0. The minimum Gasteiger partial charge on any atom is -0.0850 e. The van der Waals surface area contributed by atoms with Gasteiger partial charge in [0, 0.05) is 5.02 Å². The maximum absolute atomic E-state index is 6.39. The molecule has 1 aromatic carbocycles. The Morgan fingerprint density at radius 1 is 1.24 bits per heavy atom. The van der Waals surface area contributed by atoms with E-state index in [-0.39, 0.29) is 0 Å². The lowest BCUT2D eigenvalue weighted by Gasteiger charge is -2.40. The molecule has 3 aliphatic carbocycles. The summed E-state index contributed by atoms with van der Waals surface area (Å²) in [5, 5.41) is 0.998. The number of aryl methyl sites for hydroxylation is 1. The molecule has 0 heterocycles. The van der Waals surface area contributed by atoms with Crippen molar-refractivity contribution < 1.29 is 0 Å². The number of rotatable bonds is 0. The molecular formula is C16H17Cl. The Labute approximate surface area is 108 Å². The van der Waals surface area contributed by atoms with Gasteiger partial charge in [-0.3, -0.25) is 0 Å². The van der Waals surface area contributed by atoms with Crippen LogP contribution in [-0.2, 0) is 12.8 Å². The molecule has 2 atom stereocenters. The van der Waals surface area contributed by atoms with Crippen molar-refractivity contribution >= 4 is 11.6 Å². The molecule has 0 aromatic heterocycles. The molecule has 4 rings (SSSR count). The van der Waals surface area contributed by atoms with Crippen molar-refractivity contribution in [2.24, 2.45) is 11.3 Å². The largest absolute Gasteiger partial charge is 0.0850 e. The molecule has 0 radical (unpaired) electrons. The van der Waals surface area contributed by atoms with Crippen LogP contribution in [0, 0.1) is 11.3 Å². The van der Waals surface area contributed by atoms with Crippen LogP contribution in [0.2, 0.25) is 5.02 Å². The molecule has 88 valence electrons. The SMILES string of the molecule is Clc1cccc2c1CC1(CC2)CC2=CCC1C2. The van der Waals surface area contributed by atoms with E-state index in [1.54, 1.807) is 5.57 Å². The van der Waals surface area contributed by atoms with Crippen LogP contribution in [0.1, 0.15) is 36.8 Å². The van der Waals surface area contributed by atoms with Crippen molar-refractivity contribution in [3.63, 3.8) is 0 Å². The van der Waals surface area contributed by atoms with Gasteiger partial charge in [0.2, 0.25) is 0 Å². The molecule has 0 N–H and O–H groups in total. The van der Waals surface area contributed by atoms with E-state index in [0.717, 1.165) is 10.9 Å². The molecule has 1 saturated carbocycles. The van der Waals surface area contributed by atoms with Gasteiger partial charge in [-0.1, -0.05) is 35.4 Å². The molecule has 3 aliphatic rings. The molecule has 0 aliphatic heterocycles. The highest BCUT2D eigenvalue weighted by molar-refractivity contribution is 6.31. The normalized spacial score (nSPS) is 33.9. The summed E-state index contributed by atoms with van der Waals surface area (Å²) in [4.78, 5) is 0. The van der Waals surface area contributed by atoms with Crippen LogP contribution in [0.25, 0.3) is 0 Å². The van der Waals surface area contributed by atoms with Gasteiger partial charge < -0.3 is 0 Å². The summed E-state index contributed by atoms with van der Waals surface area (Å²) >= 11 is 6.39. The fourth-order valence-electron chi connectivity index (χ4n) is 4.36. The van der Waals surface area contributed by atoms with Gasteiger partial charge in [0.05, 0.1) is 0 Å². The van der Waals surface area contributed by atoms with Crippen LogP contribution in [0.5, 0.6) is 0 Å². The highest BCUT2D eigenvalue weighted by atomic mass is 35.5. The van der Waals surface area contributed by atoms with Crippen molar-refractivity contribution in [2.75, 3.05) is 0 Å². The molecule has 1 heteroatoms. The van der Waals surface area contributed by atoms with Gasteiger partial charge in [0.15, 0.2) is 0 Å². The first-order valence-corrected chi connectivity index (χ1v) is 7.09. The molecule has 2 bridgehead atoms. The van der Waals surface area contributed by atoms with Crippen molar-refractivity contribution in [1.29, 1.82) is 0 Å². The molecule has 0 saturated heterocycles. The second-order valence-corrected chi connectivity index (χ2v) is 6.50. The summed E-state index contributed by atoms with van der Waals surface area (Å²) in [7, 11) is 0. The van der Waals surface area contributed by atoms with Gasteiger partial charge in [0.1, 0.15) is 0 Å². The average Bonchev–Trinajstić information content (AvgIpc) is 2.91. The summed E-state index contributed by atoms with van der Waals surface area (Å²) in [6.45, 7) is 0. The number of halogens is 1. The Hall–Kier alpha value is -0.750. The zero-order chi connectivity index (χ0) is 11.5. The van der Waals surface area contributed by atoms with E-state index in [4.69, 9.17) is 11.6 Å². The van der Waals surface area contributed by atoms with Crippen molar-refractivity contribution in [2.45, 2.75) is 38.5 Å². The van der Waals surface area contributed by atoms with Gasteiger partial charge >= 0.3 is 0 Å².